The number of aliphatic imine (C=N–C) groups is 3. The zero-order chi connectivity index (χ0) is 21.7. The van der Waals surface area contributed by atoms with Crippen molar-refractivity contribution < 1.29 is 13.9 Å². The van der Waals surface area contributed by atoms with Crippen molar-refractivity contribution in [3.63, 3.8) is 0 Å². The summed E-state index contributed by atoms with van der Waals surface area (Å²) in [5.74, 6) is 0.0395. The lowest BCUT2D eigenvalue weighted by molar-refractivity contribution is 0.182. The zero-order valence-electron chi connectivity index (χ0n) is 16.5. The molecule has 0 unspecified atom stereocenters. The number of nitrogens with one attached hydrogen (secondary N) is 1. The predicted molar refractivity (Wildman–Crippen MR) is 114 cm³/mol. The van der Waals surface area contributed by atoms with Crippen molar-refractivity contribution in [1.29, 1.82) is 0 Å². The second-order valence-electron chi connectivity index (χ2n) is 6.18. The average Bonchev–Trinajstić information content (AvgIpc) is 3.12. The van der Waals surface area contributed by atoms with Crippen LogP contribution in [0.5, 0.6) is 0 Å². The van der Waals surface area contributed by atoms with Gasteiger partial charge in [-0.2, -0.15) is 4.99 Å². The number of rotatable bonds is 3. The van der Waals surface area contributed by atoms with Crippen LogP contribution in [0.3, 0.4) is 0 Å². The summed E-state index contributed by atoms with van der Waals surface area (Å²) in [6.07, 6.45) is 0.776. The molecule has 1 aromatic carbocycles. The quantitative estimate of drug-likeness (QED) is 0.594. The van der Waals surface area contributed by atoms with Crippen molar-refractivity contribution in [2.75, 3.05) is 12.1 Å². The Labute approximate surface area is 172 Å². The number of halogens is 1. The van der Waals surface area contributed by atoms with E-state index in [-0.39, 0.29) is 24.0 Å². The number of fused-ring (bicyclic) bond motifs is 1. The van der Waals surface area contributed by atoms with Crippen LogP contribution in [-0.4, -0.2) is 36.6 Å². The van der Waals surface area contributed by atoms with Crippen LogP contribution in [0.15, 0.2) is 63.3 Å². The van der Waals surface area contributed by atoms with Gasteiger partial charge in [0, 0.05) is 17.3 Å². The molecular weight excluding hydrogens is 389 g/mol. The van der Waals surface area contributed by atoms with E-state index < -0.39 is 6.09 Å². The summed E-state index contributed by atoms with van der Waals surface area (Å²) < 4.78 is 18.6. The third-order valence-electron chi connectivity index (χ3n) is 4.25. The Kier molecular flexibility index (Phi) is 6.16. The normalized spacial score (nSPS) is 15.4. The molecule has 2 aromatic rings. The highest BCUT2D eigenvalue weighted by molar-refractivity contribution is 6.42. The van der Waals surface area contributed by atoms with Crippen LogP contribution in [0, 0.1) is 5.82 Å². The molecule has 0 aliphatic carbocycles. The summed E-state index contributed by atoms with van der Waals surface area (Å²) in [5, 5.41) is 1.72. The average molecular weight is 409 g/mol. The number of carbonyl (C=O) groups excluding carboxylic acids is 1. The third kappa shape index (κ3) is 4.32. The molecule has 0 saturated carbocycles. The monoisotopic (exact) mass is 409 g/mol. The van der Waals surface area contributed by atoms with Gasteiger partial charge < -0.3 is 10.5 Å². The van der Waals surface area contributed by atoms with Gasteiger partial charge >= 0.3 is 6.09 Å². The van der Waals surface area contributed by atoms with Crippen molar-refractivity contribution >= 4 is 36.0 Å². The first-order valence-electron chi connectivity index (χ1n) is 8.86. The summed E-state index contributed by atoms with van der Waals surface area (Å²) in [4.78, 5) is 27.2. The van der Waals surface area contributed by atoms with E-state index >= 15 is 0 Å². The molecule has 154 valence electrons. The zero-order valence-corrected chi connectivity index (χ0v) is 16.5. The summed E-state index contributed by atoms with van der Waals surface area (Å²) in [6.45, 7) is 5.31. The van der Waals surface area contributed by atoms with Crippen LogP contribution in [-0.2, 0) is 11.3 Å². The maximum atomic E-state index is 14.1. The van der Waals surface area contributed by atoms with Gasteiger partial charge in [0.05, 0.1) is 25.0 Å². The maximum Gasteiger partial charge on any atom is 0.435 e. The maximum absolute atomic E-state index is 14.1. The lowest BCUT2D eigenvalue weighted by Crippen LogP contribution is -2.32. The van der Waals surface area contributed by atoms with E-state index in [0.29, 0.717) is 22.8 Å². The van der Waals surface area contributed by atoms with Gasteiger partial charge in [0.2, 0.25) is 5.84 Å². The van der Waals surface area contributed by atoms with Gasteiger partial charge in [-0.25, -0.2) is 24.2 Å². The van der Waals surface area contributed by atoms with Crippen molar-refractivity contribution in [3.8, 4) is 0 Å². The number of anilines is 1. The van der Waals surface area contributed by atoms with E-state index in [1.54, 1.807) is 42.4 Å². The van der Waals surface area contributed by atoms with Gasteiger partial charge in [0.1, 0.15) is 5.82 Å². The van der Waals surface area contributed by atoms with Crippen molar-refractivity contribution in [2.24, 2.45) is 20.7 Å². The van der Waals surface area contributed by atoms with E-state index in [9.17, 15) is 9.18 Å². The topological polar surface area (TPSA) is 118 Å². The number of ether oxygens (including phenoxy) is 1. The van der Waals surface area contributed by atoms with Crippen LogP contribution in [0.25, 0.3) is 5.70 Å². The molecule has 1 aliphatic heterocycles. The summed E-state index contributed by atoms with van der Waals surface area (Å²) >= 11 is 0. The minimum atomic E-state index is -0.870. The molecule has 1 aromatic heterocycles. The Morgan fingerprint density at radius 1 is 1.30 bits per heavy atom. The Bertz CT molecular complexity index is 1080. The highest BCUT2D eigenvalue weighted by Gasteiger charge is 2.26. The lowest BCUT2D eigenvalue weighted by Gasteiger charge is -2.19. The molecule has 3 N–H and O–H groups in total. The first-order chi connectivity index (χ1) is 14.4. The highest BCUT2D eigenvalue weighted by atomic mass is 19.1. The fourth-order valence-electron chi connectivity index (χ4n) is 2.83. The minimum absolute atomic E-state index is 0.111. The molecule has 0 radical (unpaired) electrons. The number of hydrazine groups is 1. The number of methoxy groups -OCH3 is 1. The van der Waals surface area contributed by atoms with E-state index in [1.807, 2.05) is 6.07 Å². The number of hydrogen-bond acceptors (Lipinski definition) is 6. The molecule has 0 fully saturated rings. The molecule has 3 rings (SSSR count). The number of amidine groups is 2. The van der Waals surface area contributed by atoms with Crippen molar-refractivity contribution in [3.05, 3.63) is 65.2 Å². The minimum Gasteiger partial charge on any atom is -0.451 e. The number of hydrogen-bond donors (Lipinski definition) is 2. The predicted octanol–water partition coefficient (Wildman–Crippen LogP) is 2.66. The summed E-state index contributed by atoms with van der Waals surface area (Å²) in [6, 6.07) is 10.2. The molecular formula is C20H20FN7O2. The number of carbonyl (C=O) groups is 1. The fraction of sp³-hybridized carbons (Fsp3) is 0.150. The standard InChI is InChI=1S/C20H20FN7O2/c1-12(25-17(22)18(23-2)26-20(29)30-3)16-14-8-6-10-24-19(14)28(27-16)11-13-7-4-5-9-15(13)21/h4-10,27H,2,11H2,1,3H3,(H2,22,25)/b16-12+,26-18-. The van der Waals surface area contributed by atoms with Gasteiger partial charge in [0.25, 0.3) is 0 Å². The van der Waals surface area contributed by atoms with Gasteiger partial charge in [-0.15, -0.1) is 0 Å². The molecule has 0 atom stereocenters. The third-order valence-corrected chi connectivity index (χ3v) is 4.25. The number of aromatic nitrogens is 1. The molecule has 0 spiro atoms. The van der Waals surface area contributed by atoms with Crippen LogP contribution in [0.2, 0.25) is 0 Å². The van der Waals surface area contributed by atoms with E-state index in [4.69, 9.17) is 5.73 Å². The number of nitrogens with zero attached hydrogens (tertiary/aromatic N) is 5. The number of amides is 1. The molecule has 1 aliphatic rings. The first-order valence-corrected chi connectivity index (χ1v) is 8.86. The molecule has 1 amide bonds. The van der Waals surface area contributed by atoms with E-state index in [1.165, 1.54) is 13.2 Å². The Hall–Kier alpha value is -4.08. The van der Waals surface area contributed by atoms with E-state index in [0.717, 1.165) is 5.56 Å². The molecule has 10 heteroatoms. The second-order valence-corrected chi connectivity index (χ2v) is 6.18. The van der Waals surface area contributed by atoms with Crippen molar-refractivity contribution in [1.82, 2.24) is 10.4 Å². The van der Waals surface area contributed by atoms with Crippen LogP contribution in [0.4, 0.5) is 15.0 Å². The molecule has 0 saturated heterocycles. The second kappa shape index (κ2) is 8.95. The number of pyridine rings is 1. The summed E-state index contributed by atoms with van der Waals surface area (Å²) in [7, 11) is 1.18. The summed E-state index contributed by atoms with van der Waals surface area (Å²) in [5.41, 5.74) is 11.5. The van der Waals surface area contributed by atoms with Crippen LogP contribution in [0.1, 0.15) is 18.1 Å². The molecule has 30 heavy (non-hydrogen) atoms. The molecule has 9 nitrogen and oxygen atoms in total. The lowest BCUT2D eigenvalue weighted by atomic mass is 10.2. The number of nitrogens with two attached hydrogens (primary N) is 1. The van der Waals surface area contributed by atoms with Gasteiger partial charge in [0.15, 0.2) is 11.7 Å². The van der Waals surface area contributed by atoms with E-state index in [2.05, 4.69) is 36.8 Å². The van der Waals surface area contributed by atoms with Gasteiger partial charge in [-0.3, -0.25) is 10.4 Å². The Balaban J connectivity index is 1.96. The van der Waals surface area contributed by atoms with Crippen LogP contribution < -0.4 is 16.2 Å². The Morgan fingerprint density at radius 3 is 2.77 bits per heavy atom. The Morgan fingerprint density at radius 2 is 2.07 bits per heavy atom. The molecule has 0 bridgehead atoms. The smallest absolute Gasteiger partial charge is 0.435 e. The fourth-order valence-corrected chi connectivity index (χ4v) is 2.83. The molecule has 2 heterocycles. The largest absolute Gasteiger partial charge is 0.451 e. The SMILES string of the molecule is C=NC(=N\C(=O)OC)/C(N)=N/C(C)=C1/NN(Cc2ccccc2F)c2ncccc21. The van der Waals surface area contributed by atoms with Gasteiger partial charge in [-0.1, -0.05) is 18.2 Å². The van der Waals surface area contributed by atoms with Crippen molar-refractivity contribution in [2.45, 2.75) is 13.5 Å². The number of benzene rings is 1. The van der Waals surface area contributed by atoms with Crippen LogP contribution >= 0.6 is 0 Å². The van der Waals surface area contributed by atoms with Gasteiger partial charge in [-0.05, 0) is 31.8 Å². The first kappa shape index (κ1) is 20.6. The highest BCUT2D eigenvalue weighted by Crippen LogP contribution is 2.33. The number of allylic oxidation sites excluding steroid dienone is 1.